The normalized spacial score (nSPS) is 10.7. The Hall–Kier alpha value is -3.11. The van der Waals surface area contributed by atoms with Crippen LogP contribution in [0.1, 0.15) is 45.5 Å². The average Bonchev–Trinajstić information content (AvgIpc) is 2.79. The van der Waals surface area contributed by atoms with Crippen LogP contribution in [0.15, 0.2) is 72.8 Å². The summed E-state index contributed by atoms with van der Waals surface area (Å²) in [7, 11) is 0. The third kappa shape index (κ3) is 7.58. The van der Waals surface area contributed by atoms with Gasteiger partial charge in [-0.2, -0.15) is 0 Å². The lowest BCUT2D eigenvalue weighted by molar-refractivity contribution is 0.0952. The van der Waals surface area contributed by atoms with E-state index in [-0.39, 0.29) is 11.7 Å². The van der Waals surface area contributed by atoms with Crippen LogP contribution in [-0.2, 0) is 19.4 Å². The standard InChI is InChI=1S/C27H32N2O2/c1-21-10-13-24(20-28-18-16-23-11-14-25(30)15-12-23)26(19-21)27(31)29-17-6-5-9-22-7-3-2-4-8-22/h2-4,7-8,10-15,19,28,30H,5-6,9,16-18,20H2,1H3,(H,29,31). The van der Waals surface area contributed by atoms with E-state index in [9.17, 15) is 9.90 Å². The lowest BCUT2D eigenvalue weighted by Gasteiger charge is -2.12. The predicted octanol–water partition coefficient (Wildman–Crippen LogP) is 4.79. The molecule has 3 aromatic rings. The summed E-state index contributed by atoms with van der Waals surface area (Å²) in [6, 6.07) is 23.8. The molecule has 4 heteroatoms. The summed E-state index contributed by atoms with van der Waals surface area (Å²) in [5, 5.41) is 15.9. The second kappa shape index (κ2) is 11.9. The Bertz CT molecular complexity index is 953. The number of rotatable bonds is 11. The van der Waals surface area contributed by atoms with E-state index in [0.717, 1.165) is 48.9 Å². The molecule has 0 saturated heterocycles. The molecule has 0 saturated carbocycles. The molecule has 0 aliphatic rings. The number of nitrogens with one attached hydrogen (secondary N) is 2. The van der Waals surface area contributed by atoms with Crippen molar-refractivity contribution >= 4 is 5.91 Å². The zero-order valence-corrected chi connectivity index (χ0v) is 18.2. The van der Waals surface area contributed by atoms with Crippen LogP contribution in [0.5, 0.6) is 5.75 Å². The van der Waals surface area contributed by atoms with Crippen LogP contribution in [0.3, 0.4) is 0 Å². The lowest BCUT2D eigenvalue weighted by Crippen LogP contribution is -2.27. The molecule has 0 fully saturated rings. The number of phenols is 1. The minimum Gasteiger partial charge on any atom is -0.508 e. The van der Waals surface area contributed by atoms with Gasteiger partial charge in [0, 0.05) is 18.7 Å². The molecule has 3 N–H and O–H groups in total. The van der Waals surface area contributed by atoms with E-state index in [1.165, 1.54) is 11.1 Å². The molecule has 0 radical (unpaired) electrons. The highest BCUT2D eigenvalue weighted by atomic mass is 16.3. The highest BCUT2D eigenvalue weighted by Crippen LogP contribution is 2.13. The van der Waals surface area contributed by atoms with E-state index in [1.807, 2.05) is 43.3 Å². The van der Waals surface area contributed by atoms with Crippen molar-refractivity contribution in [1.82, 2.24) is 10.6 Å². The van der Waals surface area contributed by atoms with Gasteiger partial charge < -0.3 is 15.7 Å². The molecule has 0 heterocycles. The Labute approximate surface area is 185 Å². The van der Waals surface area contributed by atoms with Gasteiger partial charge in [0.25, 0.3) is 5.91 Å². The van der Waals surface area contributed by atoms with Gasteiger partial charge in [0.15, 0.2) is 0 Å². The molecule has 1 amide bonds. The fourth-order valence-corrected chi connectivity index (χ4v) is 3.57. The minimum atomic E-state index is -0.00116. The van der Waals surface area contributed by atoms with E-state index in [4.69, 9.17) is 0 Å². The van der Waals surface area contributed by atoms with Gasteiger partial charge in [-0.15, -0.1) is 0 Å². The van der Waals surface area contributed by atoms with Gasteiger partial charge in [-0.05, 0) is 74.0 Å². The maximum Gasteiger partial charge on any atom is 0.251 e. The fourth-order valence-electron chi connectivity index (χ4n) is 3.57. The van der Waals surface area contributed by atoms with Crippen molar-refractivity contribution in [2.24, 2.45) is 0 Å². The van der Waals surface area contributed by atoms with Gasteiger partial charge >= 0.3 is 0 Å². The van der Waals surface area contributed by atoms with Gasteiger partial charge in [-0.1, -0.05) is 60.2 Å². The third-order valence-electron chi connectivity index (χ3n) is 5.37. The highest BCUT2D eigenvalue weighted by molar-refractivity contribution is 5.95. The van der Waals surface area contributed by atoms with Gasteiger partial charge in [0.1, 0.15) is 5.75 Å². The molecule has 0 bridgehead atoms. The molecule has 0 spiro atoms. The summed E-state index contributed by atoms with van der Waals surface area (Å²) in [4.78, 5) is 12.8. The van der Waals surface area contributed by atoms with Crippen LogP contribution in [0.4, 0.5) is 0 Å². The molecule has 0 aliphatic carbocycles. The van der Waals surface area contributed by atoms with E-state index in [2.05, 4.69) is 34.9 Å². The summed E-state index contributed by atoms with van der Waals surface area (Å²) in [5.41, 5.74) is 5.36. The monoisotopic (exact) mass is 416 g/mol. The van der Waals surface area contributed by atoms with Crippen LogP contribution in [0.25, 0.3) is 0 Å². The van der Waals surface area contributed by atoms with Crippen molar-refractivity contribution < 1.29 is 9.90 Å². The Balaban J connectivity index is 1.44. The van der Waals surface area contributed by atoms with Gasteiger partial charge in [-0.3, -0.25) is 4.79 Å². The quantitative estimate of drug-likeness (QED) is 0.394. The summed E-state index contributed by atoms with van der Waals surface area (Å²) < 4.78 is 0. The van der Waals surface area contributed by atoms with Crippen molar-refractivity contribution in [3.05, 3.63) is 101 Å². The SMILES string of the molecule is Cc1ccc(CNCCc2ccc(O)cc2)c(C(=O)NCCCCc2ccccc2)c1. The Kier molecular flexibility index (Phi) is 8.68. The first-order valence-corrected chi connectivity index (χ1v) is 11.0. The number of phenolic OH excluding ortho intramolecular Hbond substituents is 1. The first kappa shape index (κ1) is 22.6. The predicted molar refractivity (Wildman–Crippen MR) is 126 cm³/mol. The number of aryl methyl sites for hydroxylation is 2. The van der Waals surface area contributed by atoms with Crippen molar-refractivity contribution in [3.8, 4) is 5.75 Å². The summed E-state index contributed by atoms with van der Waals surface area (Å²) >= 11 is 0. The summed E-state index contributed by atoms with van der Waals surface area (Å²) in [6.45, 7) is 4.15. The van der Waals surface area contributed by atoms with Crippen molar-refractivity contribution in [3.63, 3.8) is 0 Å². The van der Waals surface area contributed by atoms with Crippen molar-refractivity contribution in [2.45, 2.75) is 39.2 Å². The fraction of sp³-hybridized carbons (Fsp3) is 0.296. The first-order chi connectivity index (χ1) is 15.1. The topological polar surface area (TPSA) is 61.4 Å². The second-order valence-electron chi connectivity index (χ2n) is 7.95. The van der Waals surface area contributed by atoms with E-state index < -0.39 is 0 Å². The maximum atomic E-state index is 12.8. The van der Waals surface area contributed by atoms with E-state index in [0.29, 0.717) is 13.1 Å². The number of hydrogen-bond acceptors (Lipinski definition) is 3. The highest BCUT2D eigenvalue weighted by Gasteiger charge is 2.11. The van der Waals surface area contributed by atoms with Gasteiger partial charge in [0.2, 0.25) is 0 Å². The number of benzene rings is 3. The molecule has 0 unspecified atom stereocenters. The van der Waals surface area contributed by atoms with Crippen LogP contribution in [-0.4, -0.2) is 24.1 Å². The molecule has 4 nitrogen and oxygen atoms in total. The smallest absolute Gasteiger partial charge is 0.251 e. The van der Waals surface area contributed by atoms with Gasteiger partial charge in [-0.25, -0.2) is 0 Å². The number of unbranched alkanes of at least 4 members (excludes halogenated alkanes) is 1. The molecule has 3 aromatic carbocycles. The molecule has 3 rings (SSSR count). The van der Waals surface area contributed by atoms with Crippen molar-refractivity contribution in [1.29, 1.82) is 0 Å². The molecular weight excluding hydrogens is 384 g/mol. The molecule has 0 aliphatic heterocycles. The Morgan fingerprint density at radius 2 is 1.58 bits per heavy atom. The largest absolute Gasteiger partial charge is 0.508 e. The van der Waals surface area contributed by atoms with Crippen LogP contribution in [0, 0.1) is 6.92 Å². The molecule has 0 atom stereocenters. The number of amides is 1. The molecule has 0 aromatic heterocycles. The van der Waals surface area contributed by atoms with E-state index in [1.54, 1.807) is 12.1 Å². The summed E-state index contributed by atoms with van der Waals surface area (Å²) in [6.07, 6.45) is 3.93. The van der Waals surface area contributed by atoms with Gasteiger partial charge in [0.05, 0.1) is 0 Å². The average molecular weight is 417 g/mol. The van der Waals surface area contributed by atoms with Crippen LogP contribution < -0.4 is 10.6 Å². The Morgan fingerprint density at radius 1 is 0.839 bits per heavy atom. The first-order valence-electron chi connectivity index (χ1n) is 11.0. The number of hydrogen-bond donors (Lipinski definition) is 3. The second-order valence-corrected chi connectivity index (χ2v) is 7.95. The number of aromatic hydroxyl groups is 1. The Morgan fingerprint density at radius 3 is 2.35 bits per heavy atom. The maximum absolute atomic E-state index is 12.8. The van der Waals surface area contributed by atoms with Crippen molar-refractivity contribution in [2.75, 3.05) is 13.1 Å². The zero-order chi connectivity index (χ0) is 21.9. The molecular formula is C27H32N2O2. The molecule has 31 heavy (non-hydrogen) atoms. The number of carbonyl (C=O) groups excluding carboxylic acids is 1. The summed E-state index contributed by atoms with van der Waals surface area (Å²) in [5.74, 6) is 0.283. The number of carbonyl (C=O) groups is 1. The third-order valence-corrected chi connectivity index (χ3v) is 5.37. The van der Waals surface area contributed by atoms with Crippen LogP contribution >= 0.6 is 0 Å². The lowest BCUT2D eigenvalue weighted by atomic mass is 10.0. The molecule has 162 valence electrons. The minimum absolute atomic E-state index is 0.00116. The van der Waals surface area contributed by atoms with Crippen LogP contribution in [0.2, 0.25) is 0 Å². The van der Waals surface area contributed by atoms with E-state index >= 15 is 0 Å². The zero-order valence-electron chi connectivity index (χ0n) is 18.2.